The van der Waals surface area contributed by atoms with Crippen molar-refractivity contribution in [2.45, 2.75) is 6.92 Å². The third kappa shape index (κ3) is 2.86. The number of rotatable bonds is 3. The Morgan fingerprint density at radius 3 is 2.75 bits per heavy atom. The van der Waals surface area contributed by atoms with Crippen LogP contribution in [-0.2, 0) is 0 Å². The van der Waals surface area contributed by atoms with E-state index < -0.39 is 5.91 Å². The second-order valence-corrected chi connectivity index (χ2v) is 4.71. The average Bonchev–Trinajstić information content (AvgIpc) is 2.42. The second-order valence-electron chi connectivity index (χ2n) is 4.27. The Kier molecular flexibility index (Phi) is 4.15. The van der Waals surface area contributed by atoms with Crippen LogP contribution in [0.5, 0.6) is 11.5 Å². The van der Waals surface area contributed by atoms with Crippen LogP contribution in [0.25, 0.3) is 0 Å². The largest absolute Gasteiger partial charge is 0.507 e. The molecule has 1 amide bonds. The molecule has 0 atom stereocenters. The lowest BCUT2D eigenvalue weighted by molar-refractivity contribution is 0.102. The van der Waals surface area contributed by atoms with Gasteiger partial charge in [0.2, 0.25) is 0 Å². The highest BCUT2D eigenvalue weighted by atomic mass is 35.5. The molecule has 20 heavy (non-hydrogen) atoms. The quantitative estimate of drug-likeness (QED) is 0.908. The molecule has 0 radical (unpaired) electrons. The van der Waals surface area contributed by atoms with E-state index >= 15 is 0 Å². The summed E-state index contributed by atoms with van der Waals surface area (Å²) in [5.74, 6) is 0.0349. The molecule has 2 aromatic carbocycles. The minimum absolute atomic E-state index is 0.0361. The highest BCUT2D eigenvalue weighted by Crippen LogP contribution is 2.29. The summed E-state index contributed by atoms with van der Waals surface area (Å²) >= 11 is 5.90. The van der Waals surface area contributed by atoms with E-state index in [1.165, 1.54) is 7.11 Å². The fraction of sp³-hybridized carbons (Fsp3) is 0.133. The van der Waals surface area contributed by atoms with Crippen molar-refractivity contribution >= 4 is 23.2 Å². The molecule has 0 fully saturated rings. The number of ether oxygens (including phenoxy) is 1. The van der Waals surface area contributed by atoms with Gasteiger partial charge >= 0.3 is 0 Å². The van der Waals surface area contributed by atoms with Gasteiger partial charge in [-0.3, -0.25) is 4.79 Å². The number of nitrogens with one attached hydrogen (secondary N) is 1. The molecule has 5 heteroatoms. The van der Waals surface area contributed by atoms with E-state index in [9.17, 15) is 9.90 Å². The van der Waals surface area contributed by atoms with Crippen LogP contribution >= 0.6 is 11.6 Å². The molecule has 0 aliphatic heterocycles. The summed E-state index contributed by atoms with van der Waals surface area (Å²) in [6.45, 7) is 1.73. The number of halogens is 1. The molecule has 2 rings (SSSR count). The number of hydrogen-bond donors (Lipinski definition) is 2. The van der Waals surface area contributed by atoms with Crippen molar-refractivity contribution in [2.75, 3.05) is 12.4 Å². The molecule has 0 saturated heterocycles. The molecule has 0 aliphatic rings. The Morgan fingerprint density at radius 1 is 1.30 bits per heavy atom. The highest BCUT2D eigenvalue weighted by molar-refractivity contribution is 6.31. The maximum atomic E-state index is 12.2. The Morgan fingerprint density at radius 2 is 2.05 bits per heavy atom. The second kappa shape index (κ2) is 5.84. The molecule has 4 nitrogen and oxygen atoms in total. The number of aromatic hydroxyl groups is 1. The molecule has 0 saturated carbocycles. The van der Waals surface area contributed by atoms with E-state index in [-0.39, 0.29) is 11.3 Å². The standard InChI is InChI=1S/C15H14ClNO3/c1-9-4-3-5-11(14(9)18)15(19)17-12-8-10(16)6-7-13(12)20-2/h3-8,18H,1-2H3,(H,17,19). The van der Waals surface area contributed by atoms with Crippen molar-refractivity contribution in [1.82, 2.24) is 0 Å². The molecular formula is C15H14ClNO3. The van der Waals surface area contributed by atoms with Gasteiger partial charge in [0.05, 0.1) is 18.4 Å². The Balaban J connectivity index is 2.32. The summed E-state index contributed by atoms with van der Waals surface area (Å²) in [6.07, 6.45) is 0. The summed E-state index contributed by atoms with van der Waals surface area (Å²) in [7, 11) is 1.50. The SMILES string of the molecule is COc1ccc(Cl)cc1NC(=O)c1cccc(C)c1O. The fourth-order valence-corrected chi connectivity index (χ4v) is 1.98. The Hall–Kier alpha value is -2.20. The number of anilines is 1. The third-order valence-electron chi connectivity index (χ3n) is 2.89. The molecule has 104 valence electrons. The number of hydrogen-bond acceptors (Lipinski definition) is 3. The Bertz CT molecular complexity index is 656. The van der Waals surface area contributed by atoms with Crippen molar-refractivity contribution in [2.24, 2.45) is 0 Å². The van der Waals surface area contributed by atoms with Gasteiger partial charge in [0, 0.05) is 5.02 Å². The van der Waals surface area contributed by atoms with Crippen molar-refractivity contribution < 1.29 is 14.6 Å². The minimum atomic E-state index is -0.424. The van der Waals surface area contributed by atoms with Crippen molar-refractivity contribution in [3.8, 4) is 11.5 Å². The first-order valence-electron chi connectivity index (χ1n) is 5.96. The number of amides is 1. The van der Waals surface area contributed by atoms with Gasteiger partial charge in [-0.25, -0.2) is 0 Å². The number of methoxy groups -OCH3 is 1. The maximum absolute atomic E-state index is 12.2. The topological polar surface area (TPSA) is 58.6 Å². The maximum Gasteiger partial charge on any atom is 0.259 e. The molecule has 0 heterocycles. The smallest absolute Gasteiger partial charge is 0.259 e. The third-order valence-corrected chi connectivity index (χ3v) is 3.13. The van der Waals surface area contributed by atoms with Crippen LogP contribution in [0.2, 0.25) is 5.02 Å². The van der Waals surface area contributed by atoms with Crippen LogP contribution in [0.4, 0.5) is 5.69 Å². The molecule has 2 N–H and O–H groups in total. The molecule has 0 aromatic heterocycles. The van der Waals surface area contributed by atoms with Gasteiger partial charge in [-0.1, -0.05) is 23.7 Å². The van der Waals surface area contributed by atoms with E-state index in [4.69, 9.17) is 16.3 Å². The molecule has 0 unspecified atom stereocenters. The van der Waals surface area contributed by atoms with Gasteiger partial charge in [0.1, 0.15) is 11.5 Å². The van der Waals surface area contributed by atoms with Crippen LogP contribution in [0.1, 0.15) is 15.9 Å². The van der Waals surface area contributed by atoms with Crippen LogP contribution in [0.3, 0.4) is 0 Å². The molecule has 2 aromatic rings. The molecule has 0 aliphatic carbocycles. The number of carbonyl (C=O) groups is 1. The first kappa shape index (κ1) is 14.2. The number of aryl methyl sites for hydroxylation is 1. The van der Waals surface area contributed by atoms with Gasteiger partial charge in [-0.2, -0.15) is 0 Å². The van der Waals surface area contributed by atoms with Crippen molar-refractivity contribution in [3.05, 3.63) is 52.5 Å². The minimum Gasteiger partial charge on any atom is -0.507 e. The number of para-hydroxylation sites is 1. The van der Waals surface area contributed by atoms with Gasteiger partial charge in [0.25, 0.3) is 5.91 Å². The summed E-state index contributed by atoms with van der Waals surface area (Å²) in [5, 5.41) is 13.1. The number of phenolic OH excluding ortho intramolecular Hbond substituents is 1. The van der Waals surface area contributed by atoms with Crippen molar-refractivity contribution in [1.29, 1.82) is 0 Å². The zero-order valence-corrected chi connectivity index (χ0v) is 11.9. The van der Waals surface area contributed by atoms with E-state index in [2.05, 4.69) is 5.32 Å². The Labute approximate surface area is 122 Å². The summed E-state index contributed by atoms with van der Waals surface area (Å²) in [5.41, 5.74) is 1.29. The van der Waals surface area contributed by atoms with Crippen molar-refractivity contribution in [3.63, 3.8) is 0 Å². The van der Waals surface area contributed by atoms with E-state index in [0.29, 0.717) is 22.0 Å². The fourth-order valence-electron chi connectivity index (χ4n) is 1.81. The lowest BCUT2D eigenvalue weighted by atomic mass is 10.1. The van der Waals surface area contributed by atoms with E-state index in [1.54, 1.807) is 43.3 Å². The summed E-state index contributed by atoms with van der Waals surface area (Å²) < 4.78 is 5.16. The average molecular weight is 292 g/mol. The first-order chi connectivity index (χ1) is 9.52. The predicted octanol–water partition coefficient (Wildman–Crippen LogP) is 3.61. The monoisotopic (exact) mass is 291 g/mol. The normalized spacial score (nSPS) is 10.2. The van der Waals surface area contributed by atoms with Gasteiger partial charge in [-0.15, -0.1) is 0 Å². The first-order valence-corrected chi connectivity index (χ1v) is 6.34. The van der Waals surface area contributed by atoms with Crippen LogP contribution < -0.4 is 10.1 Å². The van der Waals surface area contributed by atoms with Gasteiger partial charge in [-0.05, 0) is 36.8 Å². The number of benzene rings is 2. The van der Waals surface area contributed by atoms with Crippen LogP contribution in [0, 0.1) is 6.92 Å². The van der Waals surface area contributed by atoms with E-state index in [1.807, 2.05) is 0 Å². The predicted molar refractivity (Wildman–Crippen MR) is 78.8 cm³/mol. The van der Waals surface area contributed by atoms with E-state index in [0.717, 1.165) is 0 Å². The summed E-state index contributed by atoms with van der Waals surface area (Å²) in [4.78, 5) is 12.2. The zero-order valence-electron chi connectivity index (χ0n) is 11.1. The molecule has 0 bridgehead atoms. The van der Waals surface area contributed by atoms with Crippen LogP contribution in [-0.4, -0.2) is 18.1 Å². The molecular weight excluding hydrogens is 278 g/mol. The number of carbonyl (C=O) groups excluding carboxylic acids is 1. The van der Waals surface area contributed by atoms with Gasteiger partial charge < -0.3 is 15.2 Å². The zero-order chi connectivity index (χ0) is 14.7. The molecule has 0 spiro atoms. The lowest BCUT2D eigenvalue weighted by Gasteiger charge is -2.12. The lowest BCUT2D eigenvalue weighted by Crippen LogP contribution is -2.13. The highest BCUT2D eigenvalue weighted by Gasteiger charge is 2.14. The number of phenols is 1. The van der Waals surface area contributed by atoms with Crippen LogP contribution in [0.15, 0.2) is 36.4 Å². The van der Waals surface area contributed by atoms with Gasteiger partial charge in [0.15, 0.2) is 0 Å². The summed E-state index contributed by atoms with van der Waals surface area (Å²) in [6, 6.07) is 9.90.